The first-order chi connectivity index (χ1) is 26.3. The number of para-hydroxylation sites is 1. The molecule has 0 aliphatic rings. The Hall–Kier alpha value is -7.17. The molecule has 0 saturated heterocycles. The molecular formula is C49H29N3O. The van der Waals surface area contributed by atoms with E-state index in [1.807, 2.05) is 36.4 Å². The van der Waals surface area contributed by atoms with E-state index in [0.29, 0.717) is 17.5 Å². The molecule has 0 radical (unpaired) electrons. The number of aromatic nitrogens is 3. The van der Waals surface area contributed by atoms with E-state index < -0.39 is 0 Å². The van der Waals surface area contributed by atoms with E-state index in [9.17, 15) is 0 Å². The van der Waals surface area contributed by atoms with Crippen molar-refractivity contribution in [2.24, 2.45) is 0 Å². The van der Waals surface area contributed by atoms with Gasteiger partial charge in [-0.05, 0) is 79.2 Å². The summed E-state index contributed by atoms with van der Waals surface area (Å²) in [5.41, 5.74) is 6.71. The maximum Gasteiger partial charge on any atom is 0.164 e. The van der Waals surface area contributed by atoms with Crippen LogP contribution in [-0.2, 0) is 0 Å². The van der Waals surface area contributed by atoms with Gasteiger partial charge in [-0.3, -0.25) is 0 Å². The minimum absolute atomic E-state index is 0.598. The second kappa shape index (κ2) is 11.7. The Labute approximate surface area is 304 Å². The number of hydrogen-bond donors (Lipinski definition) is 0. The van der Waals surface area contributed by atoms with Crippen LogP contribution in [0, 0.1) is 0 Å². The van der Waals surface area contributed by atoms with Gasteiger partial charge in [-0.25, -0.2) is 15.0 Å². The summed E-state index contributed by atoms with van der Waals surface area (Å²) >= 11 is 0. The molecule has 246 valence electrons. The predicted octanol–water partition coefficient (Wildman–Crippen LogP) is 13.1. The molecule has 0 spiro atoms. The Balaban J connectivity index is 1.21. The van der Waals surface area contributed by atoms with Gasteiger partial charge in [0.25, 0.3) is 0 Å². The van der Waals surface area contributed by atoms with Crippen LogP contribution in [0.1, 0.15) is 0 Å². The molecule has 4 nitrogen and oxygen atoms in total. The lowest BCUT2D eigenvalue weighted by atomic mass is 9.93. The molecule has 9 aromatic carbocycles. The zero-order chi connectivity index (χ0) is 34.9. The third kappa shape index (κ3) is 4.73. The fourth-order valence-corrected chi connectivity index (χ4v) is 7.99. The Bertz CT molecular complexity index is 3190. The van der Waals surface area contributed by atoms with Crippen LogP contribution in [0.2, 0.25) is 0 Å². The van der Waals surface area contributed by atoms with Crippen LogP contribution in [0.3, 0.4) is 0 Å². The first-order valence-electron chi connectivity index (χ1n) is 17.9. The summed E-state index contributed by atoms with van der Waals surface area (Å²) in [4.78, 5) is 15.7. The maximum absolute atomic E-state index is 6.66. The first kappa shape index (κ1) is 29.5. The van der Waals surface area contributed by atoms with Crippen molar-refractivity contribution in [3.05, 3.63) is 176 Å². The van der Waals surface area contributed by atoms with Crippen LogP contribution >= 0.6 is 0 Å². The molecule has 0 amide bonds. The number of rotatable bonds is 4. The van der Waals surface area contributed by atoms with Gasteiger partial charge < -0.3 is 4.42 Å². The highest BCUT2D eigenvalue weighted by Crippen LogP contribution is 2.42. The van der Waals surface area contributed by atoms with Gasteiger partial charge in [0, 0.05) is 32.8 Å². The smallest absolute Gasteiger partial charge is 0.164 e. The van der Waals surface area contributed by atoms with E-state index >= 15 is 0 Å². The van der Waals surface area contributed by atoms with E-state index in [-0.39, 0.29) is 0 Å². The number of benzene rings is 9. The van der Waals surface area contributed by atoms with Gasteiger partial charge in [-0.15, -0.1) is 0 Å². The molecule has 0 atom stereocenters. The molecule has 0 aliphatic heterocycles. The van der Waals surface area contributed by atoms with Crippen molar-refractivity contribution in [2.45, 2.75) is 0 Å². The molecule has 0 saturated carbocycles. The molecule has 2 aromatic heterocycles. The molecule has 11 aromatic rings. The van der Waals surface area contributed by atoms with E-state index in [4.69, 9.17) is 19.4 Å². The second-order valence-corrected chi connectivity index (χ2v) is 13.6. The summed E-state index contributed by atoms with van der Waals surface area (Å²) in [7, 11) is 0. The third-order valence-corrected chi connectivity index (χ3v) is 10.5. The summed E-state index contributed by atoms with van der Waals surface area (Å²) in [6.07, 6.45) is 0. The van der Waals surface area contributed by atoms with E-state index in [0.717, 1.165) is 60.5 Å². The summed E-state index contributed by atoms with van der Waals surface area (Å²) in [6.45, 7) is 0. The van der Waals surface area contributed by atoms with Gasteiger partial charge in [0.15, 0.2) is 17.5 Å². The lowest BCUT2D eigenvalue weighted by Crippen LogP contribution is -2.00. The van der Waals surface area contributed by atoms with Crippen molar-refractivity contribution in [2.75, 3.05) is 0 Å². The quantitative estimate of drug-likeness (QED) is 0.174. The zero-order valence-corrected chi connectivity index (χ0v) is 28.5. The number of fused-ring (bicyclic) bond motifs is 11. The monoisotopic (exact) mass is 675 g/mol. The summed E-state index contributed by atoms with van der Waals surface area (Å²) in [5, 5.41) is 11.4. The lowest BCUT2D eigenvalue weighted by Gasteiger charge is -2.13. The number of furan rings is 1. The summed E-state index contributed by atoms with van der Waals surface area (Å²) in [6, 6.07) is 61.6. The third-order valence-electron chi connectivity index (χ3n) is 10.5. The van der Waals surface area contributed by atoms with Gasteiger partial charge >= 0.3 is 0 Å². The topological polar surface area (TPSA) is 51.8 Å². The number of nitrogens with zero attached hydrogens (tertiary/aromatic N) is 3. The summed E-state index contributed by atoms with van der Waals surface area (Å²) < 4.78 is 6.66. The van der Waals surface area contributed by atoms with Crippen molar-refractivity contribution in [1.29, 1.82) is 0 Å². The Morgan fingerprint density at radius 1 is 0.321 bits per heavy atom. The molecule has 0 bridgehead atoms. The largest absolute Gasteiger partial charge is 0.455 e. The molecule has 4 heteroatoms. The minimum Gasteiger partial charge on any atom is -0.455 e. The molecule has 0 fully saturated rings. The van der Waals surface area contributed by atoms with E-state index in [1.54, 1.807) is 0 Å². The van der Waals surface area contributed by atoms with Gasteiger partial charge in [0.05, 0.1) is 0 Å². The summed E-state index contributed by atoms with van der Waals surface area (Å²) in [5.74, 6) is 1.83. The van der Waals surface area contributed by atoms with Crippen molar-refractivity contribution in [3.63, 3.8) is 0 Å². The van der Waals surface area contributed by atoms with Crippen molar-refractivity contribution >= 4 is 65.0 Å². The SMILES string of the molecule is c1ccc(-c2ccc3c(c2)cc(-c2nc(-c4ccccc4)nc(-c4ccc5c6ccccc6c6ccccc6c5c4)n2)c2c4ccccc4oc32)cc1. The fraction of sp³-hybridized carbons (Fsp3) is 0. The Morgan fingerprint density at radius 3 is 1.53 bits per heavy atom. The molecule has 53 heavy (non-hydrogen) atoms. The van der Waals surface area contributed by atoms with Crippen LogP contribution in [0.4, 0.5) is 0 Å². The van der Waals surface area contributed by atoms with Crippen molar-refractivity contribution in [1.82, 2.24) is 15.0 Å². The highest BCUT2D eigenvalue weighted by atomic mass is 16.3. The van der Waals surface area contributed by atoms with Gasteiger partial charge in [0.2, 0.25) is 0 Å². The zero-order valence-electron chi connectivity index (χ0n) is 28.5. The van der Waals surface area contributed by atoms with Crippen molar-refractivity contribution in [3.8, 4) is 45.3 Å². The molecule has 0 aliphatic carbocycles. The van der Waals surface area contributed by atoms with E-state index in [1.165, 1.54) is 32.3 Å². The van der Waals surface area contributed by atoms with Gasteiger partial charge in [-0.2, -0.15) is 0 Å². The number of hydrogen-bond acceptors (Lipinski definition) is 4. The van der Waals surface area contributed by atoms with Gasteiger partial charge in [-0.1, -0.05) is 146 Å². The average molecular weight is 676 g/mol. The second-order valence-electron chi connectivity index (χ2n) is 13.6. The Kier molecular flexibility index (Phi) is 6.52. The molecular weight excluding hydrogens is 647 g/mol. The highest BCUT2D eigenvalue weighted by molar-refractivity contribution is 6.26. The van der Waals surface area contributed by atoms with E-state index in [2.05, 4.69) is 140 Å². The predicted molar refractivity (Wildman–Crippen MR) is 219 cm³/mol. The molecule has 11 rings (SSSR count). The van der Waals surface area contributed by atoms with Crippen LogP contribution < -0.4 is 0 Å². The minimum atomic E-state index is 0.598. The molecule has 0 N–H and O–H groups in total. The van der Waals surface area contributed by atoms with Gasteiger partial charge in [0.1, 0.15) is 11.2 Å². The lowest BCUT2D eigenvalue weighted by molar-refractivity contribution is 0.672. The Morgan fingerprint density at radius 2 is 0.830 bits per heavy atom. The van der Waals surface area contributed by atoms with Crippen LogP contribution in [0.5, 0.6) is 0 Å². The standard InChI is InChI=1S/C49H29N3O/c1-3-13-30(14-4-1)32-23-25-35-34(27-32)29-43(45-41-21-11-12-22-44(41)53-46(35)45)49-51-47(31-15-5-2-6-16-31)50-48(52-49)33-24-26-40-38-19-8-7-17-36(38)37-18-9-10-20-39(37)42(40)28-33/h1-29H. The average Bonchev–Trinajstić information content (AvgIpc) is 3.64. The van der Waals surface area contributed by atoms with Crippen LogP contribution in [0.25, 0.3) is 110 Å². The first-order valence-corrected chi connectivity index (χ1v) is 17.9. The molecule has 0 unspecified atom stereocenters. The van der Waals surface area contributed by atoms with Crippen LogP contribution in [0.15, 0.2) is 180 Å². The normalized spacial score (nSPS) is 11.8. The van der Waals surface area contributed by atoms with Crippen molar-refractivity contribution < 1.29 is 4.42 Å². The maximum atomic E-state index is 6.66. The highest BCUT2D eigenvalue weighted by Gasteiger charge is 2.21. The fourth-order valence-electron chi connectivity index (χ4n) is 7.99. The molecule has 2 heterocycles. The van der Waals surface area contributed by atoms with Crippen LogP contribution in [-0.4, -0.2) is 15.0 Å².